The molecule has 1 heterocycles. The summed E-state index contributed by atoms with van der Waals surface area (Å²) < 4.78 is 13.0. The monoisotopic (exact) mass is 275 g/mol. The molecule has 2 rings (SSSR count). The highest BCUT2D eigenvalue weighted by atomic mass is 35.5. The fraction of sp³-hybridized carbons (Fsp3) is 0. The molecule has 0 fully saturated rings. The van der Waals surface area contributed by atoms with Gasteiger partial charge in [-0.05, 0) is 24.3 Å². The first-order valence-corrected chi connectivity index (χ1v) is 5.57. The Morgan fingerprint density at radius 3 is 2.89 bits per heavy atom. The standard InChI is InChI=1S/C13H7ClFN3O/c14-10-5-9(1-2-11(10)15)18-7-8-3-4-17-12(6-16)13(8)19/h1-5,7,19H. The molecule has 1 aromatic heterocycles. The van der Waals surface area contributed by atoms with E-state index in [9.17, 15) is 9.50 Å². The second-order valence-corrected chi connectivity index (χ2v) is 3.97. The minimum absolute atomic E-state index is 0.0358. The summed E-state index contributed by atoms with van der Waals surface area (Å²) in [6, 6.07) is 7.26. The molecule has 19 heavy (non-hydrogen) atoms. The van der Waals surface area contributed by atoms with Gasteiger partial charge in [-0.1, -0.05) is 11.6 Å². The lowest BCUT2D eigenvalue weighted by Gasteiger charge is -2.00. The summed E-state index contributed by atoms with van der Waals surface area (Å²) in [7, 11) is 0. The molecule has 4 nitrogen and oxygen atoms in total. The molecule has 0 amide bonds. The fourth-order valence-corrected chi connectivity index (χ4v) is 1.54. The van der Waals surface area contributed by atoms with Gasteiger partial charge in [0, 0.05) is 18.0 Å². The van der Waals surface area contributed by atoms with Crippen LogP contribution in [-0.4, -0.2) is 16.3 Å². The molecule has 0 bridgehead atoms. The van der Waals surface area contributed by atoms with Gasteiger partial charge in [-0.3, -0.25) is 4.99 Å². The molecule has 0 aliphatic rings. The maximum atomic E-state index is 13.0. The molecule has 1 N–H and O–H groups in total. The SMILES string of the molecule is N#Cc1nccc(C=Nc2ccc(F)c(Cl)c2)c1O. The van der Waals surface area contributed by atoms with E-state index in [1.54, 1.807) is 6.07 Å². The van der Waals surface area contributed by atoms with Crippen molar-refractivity contribution < 1.29 is 9.50 Å². The van der Waals surface area contributed by atoms with E-state index in [1.807, 2.05) is 0 Å². The number of nitriles is 1. The van der Waals surface area contributed by atoms with Gasteiger partial charge in [-0.2, -0.15) is 5.26 Å². The smallest absolute Gasteiger partial charge is 0.183 e. The van der Waals surface area contributed by atoms with Crippen molar-refractivity contribution in [2.24, 2.45) is 4.99 Å². The average Bonchev–Trinajstić information content (AvgIpc) is 2.41. The Balaban J connectivity index is 2.33. The van der Waals surface area contributed by atoms with Crippen LogP contribution in [0, 0.1) is 17.1 Å². The molecule has 0 saturated carbocycles. The van der Waals surface area contributed by atoms with E-state index in [0.717, 1.165) is 0 Å². The summed E-state index contributed by atoms with van der Waals surface area (Å²) in [5.74, 6) is -0.777. The van der Waals surface area contributed by atoms with Crippen LogP contribution in [0.25, 0.3) is 0 Å². The third-order valence-electron chi connectivity index (χ3n) is 2.32. The molecule has 2 aromatic rings. The van der Waals surface area contributed by atoms with Crippen LogP contribution in [0.2, 0.25) is 5.02 Å². The van der Waals surface area contributed by atoms with Crippen molar-refractivity contribution in [3.05, 3.63) is 52.6 Å². The third-order valence-corrected chi connectivity index (χ3v) is 2.61. The molecule has 0 saturated heterocycles. The predicted octanol–water partition coefficient (Wildman–Crippen LogP) is 3.20. The highest BCUT2D eigenvalue weighted by molar-refractivity contribution is 6.31. The predicted molar refractivity (Wildman–Crippen MR) is 69.3 cm³/mol. The maximum absolute atomic E-state index is 13.0. The second kappa shape index (κ2) is 5.46. The summed E-state index contributed by atoms with van der Waals surface area (Å²) in [6.07, 6.45) is 2.73. The van der Waals surface area contributed by atoms with Gasteiger partial charge in [0.1, 0.15) is 11.9 Å². The highest BCUT2D eigenvalue weighted by Crippen LogP contribution is 2.23. The molecule has 6 heteroatoms. The Morgan fingerprint density at radius 1 is 1.42 bits per heavy atom. The van der Waals surface area contributed by atoms with Crippen molar-refractivity contribution in [2.45, 2.75) is 0 Å². The van der Waals surface area contributed by atoms with Crippen LogP contribution < -0.4 is 0 Å². The van der Waals surface area contributed by atoms with Crippen LogP contribution in [0.15, 0.2) is 35.5 Å². The van der Waals surface area contributed by atoms with Gasteiger partial charge >= 0.3 is 0 Å². The Labute approximate surface area is 113 Å². The van der Waals surface area contributed by atoms with Crippen molar-refractivity contribution in [1.29, 1.82) is 5.26 Å². The van der Waals surface area contributed by atoms with Crippen molar-refractivity contribution >= 4 is 23.5 Å². The zero-order valence-electron chi connectivity index (χ0n) is 9.51. The van der Waals surface area contributed by atoms with E-state index in [-0.39, 0.29) is 16.5 Å². The summed E-state index contributed by atoms with van der Waals surface area (Å²) >= 11 is 5.62. The van der Waals surface area contributed by atoms with Crippen LogP contribution in [-0.2, 0) is 0 Å². The Bertz CT molecular complexity index is 695. The van der Waals surface area contributed by atoms with Crippen LogP contribution in [0.5, 0.6) is 5.75 Å². The molecule has 1 aromatic carbocycles. The first kappa shape index (κ1) is 13.0. The minimum Gasteiger partial charge on any atom is -0.504 e. The normalized spacial score (nSPS) is 10.6. The highest BCUT2D eigenvalue weighted by Gasteiger charge is 2.05. The maximum Gasteiger partial charge on any atom is 0.183 e. The number of aromatic hydroxyl groups is 1. The number of halogens is 2. The van der Waals surface area contributed by atoms with E-state index in [2.05, 4.69) is 9.98 Å². The van der Waals surface area contributed by atoms with E-state index < -0.39 is 5.82 Å². The molecule has 0 atom stereocenters. The Hall–Kier alpha value is -2.45. The number of hydrogen-bond acceptors (Lipinski definition) is 4. The van der Waals surface area contributed by atoms with Gasteiger partial charge in [0.2, 0.25) is 0 Å². The van der Waals surface area contributed by atoms with Gasteiger partial charge < -0.3 is 5.11 Å². The molecular formula is C13H7ClFN3O. The average molecular weight is 276 g/mol. The number of rotatable bonds is 2. The molecule has 0 unspecified atom stereocenters. The lowest BCUT2D eigenvalue weighted by Crippen LogP contribution is -1.89. The molecule has 0 aliphatic carbocycles. The Kier molecular flexibility index (Phi) is 3.74. The van der Waals surface area contributed by atoms with Crippen molar-refractivity contribution in [3.63, 3.8) is 0 Å². The van der Waals surface area contributed by atoms with Gasteiger partial charge in [0.15, 0.2) is 11.4 Å². The lowest BCUT2D eigenvalue weighted by molar-refractivity contribution is 0.469. The van der Waals surface area contributed by atoms with E-state index in [4.69, 9.17) is 16.9 Å². The number of aliphatic imine (C=N–C) groups is 1. The van der Waals surface area contributed by atoms with Crippen LogP contribution in [0.1, 0.15) is 11.3 Å². The summed E-state index contributed by atoms with van der Waals surface area (Å²) in [6.45, 7) is 0. The number of nitrogens with zero attached hydrogens (tertiary/aromatic N) is 3. The zero-order valence-corrected chi connectivity index (χ0v) is 10.3. The van der Waals surface area contributed by atoms with Gasteiger partial charge in [-0.25, -0.2) is 9.37 Å². The summed E-state index contributed by atoms with van der Waals surface area (Å²) in [5, 5.41) is 18.4. The number of benzene rings is 1. The fourth-order valence-electron chi connectivity index (χ4n) is 1.36. The first-order chi connectivity index (χ1) is 9.11. The molecule has 0 spiro atoms. The van der Waals surface area contributed by atoms with Gasteiger partial charge in [0.25, 0.3) is 0 Å². The summed E-state index contributed by atoms with van der Waals surface area (Å²) in [4.78, 5) is 7.74. The van der Waals surface area contributed by atoms with Crippen molar-refractivity contribution in [2.75, 3.05) is 0 Å². The van der Waals surface area contributed by atoms with Crippen molar-refractivity contribution in [1.82, 2.24) is 4.98 Å². The van der Waals surface area contributed by atoms with Crippen LogP contribution in [0.4, 0.5) is 10.1 Å². The van der Waals surface area contributed by atoms with Crippen molar-refractivity contribution in [3.8, 4) is 11.8 Å². The zero-order chi connectivity index (χ0) is 13.8. The molecular weight excluding hydrogens is 269 g/mol. The summed E-state index contributed by atoms with van der Waals surface area (Å²) in [5.41, 5.74) is 0.689. The number of pyridine rings is 1. The minimum atomic E-state index is -0.529. The van der Waals surface area contributed by atoms with E-state index in [0.29, 0.717) is 11.3 Å². The first-order valence-electron chi connectivity index (χ1n) is 5.19. The number of aromatic nitrogens is 1. The van der Waals surface area contributed by atoms with Crippen LogP contribution in [0.3, 0.4) is 0 Å². The van der Waals surface area contributed by atoms with E-state index >= 15 is 0 Å². The third kappa shape index (κ3) is 2.87. The van der Waals surface area contributed by atoms with Gasteiger partial charge in [-0.15, -0.1) is 0 Å². The van der Waals surface area contributed by atoms with Gasteiger partial charge in [0.05, 0.1) is 10.7 Å². The number of hydrogen-bond donors (Lipinski definition) is 1. The topological polar surface area (TPSA) is 69.3 Å². The Morgan fingerprint density at radius 2 is 2.21 bits per heavy atom. The van der Waals surface area contributed by atoms with E-state index in [1.165, 1.54) is 36.7 Å². The molecule has 0 aliphatic heterocycles. The van der Waals surface area contributed by atoms with Crippen LogP contribution >= 0.6 is 11.6 Å². The largest absolute Gasteiger partial charge is 0.504 e. The lowest BCUT2D eigenvalue weighted by atomic mass is 10.2. The quantitative estimate of drug-likeness (QED) is 0.856. The molecule has 0 radical (unpaired) electrons. The second-order valence-electron chi connectivity index (χ2n) is 3.57. The molecule has 94 valence electrons.